The van der Waals surface area contributed by atoms with Gasteiger partial charge in [0.1, 0.15) is 9.71 Å². The number of thiophene rings is 1. The number of aryl methyl sites for hydroxylation is 2. The van der Waals surface area contributed by atoms with Gasteiger partial charge in [0.05, 0.1) is 29.9 Å². The minimum Gasteiger partial charge on any atom is -0.477 e. The monoisotopic (exact) mass is 487 g/mol. The summed E-state index contributed by atoms with van der Waals surface area (Å²) in [6.45, 7) is 4.89. The molecule has 0 saturated carbocycles. The third kappa shape index (κ3) is 5.12. The second kappa shape index (κ2) is 10.3. The van der Waals surface area contributed by atoms with E-state index in [4.69, 9.17) is 9.47 Å². The fraction of sp³-hybridized carbons (Fsp3) is 0.273. The van der Waals surface area contributed by atoms with Crippen LogP contribution < -0.4 is 10.1 Å². The number of methoxy groups -OCH3 is 1. The summed E-state index contributed by atoms with van der Waals surface area (Å²) in [4.78, 5) is 52.7. The minimum absolute atomic E-state index is 0.0342. The molecule has 1 aromatic carbocycles. The molecule has 0 unspecified atom stereocenters. The van der Waals surface area contributed by atoms with Crippen molar-refractivity contribution < 1.29 is 33.5 Å². The maximum Gasteiger partial charge on any atom is 0.350 e. The SMILES string of the molecule is CCOC(=O)c1sc2nc(C)cc(C)c2c1NC(=O)COc1ccc(C(=O)OC)cc1[N+](=O)[O-]. The van der Waals surface area contributed by atoms with Crippen LogP contribution in [0.4, 0.5) is 11.4 Å². The van der Waals surface area contributed by atoms with Gasteiger partial charge in [0, 0.05) is 17.1 Å². The van der Waals surface area contributed by atoms with Crippen molar-refractivity contribution in [1.29, 1.82) is 0 Å². The quantitative estimate of drug-likeness (QED) is 0.284. The van der Waals surface area contributed by atoms with Crippen molar-refractivity contribution in [3.05, 3.63) is 56.1 Å². The van der Waals surface area contributed by atoms with Crippen LogP contribution >= 0.6 is 11.3 Å². The number of nitrogens with one attached hydrogen (secondary N) is 1. The molecule has 0 spiro atoms. The molecule has 3 rings (SSSR count). The van der Waals surface area contributed by atoms with Crippen molar-refractivity contribution in [2.45, 2.75) is 20.8 Å². The van der Waals surface area contributed by atoms with Gasteiger partial charge in [0.15, 0.2) is 12.4 Å². The highest BCUT2D eigenvalue weighted by molar-refractivity contribution is 7.21. The van der Waals surface area contributed by atoms with Gasteiger partial charge in [-0.25, -0.2) is 14.6 Å². The van der Waals surface area contributed by atoms with E-state index >= 15 is 0 Å². The first kappa shape index (κ1) is 24.6. The Morgan fingerprint density at radius 3 is 2.56 bits per heavy atom. The molecule has 0 aliphatic rings. The molecule has 0 saturated heterocycles. The lowest BCUT2D eigenvalue weighted by molar-refractivity contribution is -0.385. The summed E-state index contributed by atoms with van der Waals surface area (Å²) in [6.07, 6.45) is 0. The van der Waals surface area contributed by atoms with Crippen LogP contribution in [0, 0.1) is 24.0 Å². The van der Waals surface area contributed by atoms with Crippen LogP contribution in [0.25, 0.3) is 10.2 Å². The van der Waals surface area contributed by atoms with E-state index in [1.807, 2.05) is 19.9 Å². The number of nitrogens with zero attached hydrogens (tertiary/aromatic N) is 2. The Morgan fingerprint density at radius 1 is 1.18 bits per heavy atom. The van der Waals surface area contributed by atoms with Crippen molar-refractivity contribution in [3.8, 4) is 5.75 Å². The minimum atomic E-state index is -0.748. The van der Waals surface area contributed by atoms with E-state index in [1.165, 1.54) is 12.1 Å². The fourth-order valence-corrected chi connectivity index (χ4v) is 4.39. The number of rotatable bonds is 8. The maximum absolute atomic E-state index is 12.7. The highest BCUT2D eigenvalue weighted by Gasteiger charge is 2.25. The number of nitro benzene ring substituents is 1. The van der Waals surface area contributed by atoms with Crippen LogP contribution in [-0.2, 0) is 14.3 Å². The lowest BCUT2D eigenvalue weighted by atomic mass is 10.1. The van der Waals surface area contributed by atoms with E-state index in [0.29, 0.717) is 10.2 Å². The number of nitro groups is 1. The molecule has 3 aromatic rings. The van der Waals surface area contributed by atoms with E-state index in [-0.39, 0.29) is 28.5 Å². The Balaban J connectivity index is 1.87. The van der Waals surface area contributed by atoms with Gasteiger partial charge in [-0.15, -0.1) is 11.3 Å². The number of pyridine rings is 1. The second-order valence-electron chi connectivity index (χ2n) is 7.06. The molecule has 11 nitrogen and oxygen atoms in total. The van der Waals surface area contributed by atoms with Gasteiger partial charge in [0.2, 0.25) is 0 Å². The van der Waals surface area contributed by atoms with E-state index in [2.05, 4.69) is 15.0 Å². The Morgan fingerprint density at radius 2 is 1.91 bits per heavy atom. The highest BCUT2D eigenvalue weighted by Crippen LogP contribution is 2.38. The highest BCUT2D eigenvalue weighted by atomic mass is 32.1. The number of aromatic nitrogens is 1. The standard InChI is InChI=1S/C22H21N3O8S/c1-5-32-22(28)19-18(17-11(2)8-12(3)23-20(17)34-19)24-16(26)10-33-15-7-6-13(21(27)31-4)9-14(15)25(29)30/h6-9H,5,10H2,1-4H3,(H,24,26). The van der Waals surface area contributed by atoms with Gasteiger partial charge in [-0.2, -0.15) is 0 Å². The van der Waals surface area contributed by atoms with Crippen LogP contribution in [0.2, 0.25) is 0 Å². The van der Waals surface area contributed by atoms with Crippen LogP contribution in [0.3, 0.4) is 0 Å². The molecule has 12 heteroatoms. The number of fused-ring (bicyclic) bond motifs is 1. The first-order valence-corrected chi connectivity index (χ1v) is 10.8. The number of ether oxygens (including phenoxy) is 3. The summed E-state index contributed by atoms with van der Waals surface area (Å²) >= 11 is 1.10. The van der Waals surface area contributed by atoms with E-state index in [9.17, 15) is 24.5 Å². The molecule has 2 aromatic heterocycles. The molecule has 34 heavy (non-hydrogen) atoms. The Bertz CT molecular complexity index is 1300. The number of amides is 1. The number of carbonyl (C=O) groups is 3. The molecule has 2 heterocycles. The summed E-state index contributed by atoms with van der Waals surface area (Å²) in [5, 5.41) is 14.6. The van der Waals surface area contributed by atoms with Gasteiger partial charge >= 0.3 is 17.6 Å². The van der Waals surface area contributed by atoms with Crippen LogP contribution in [0.15, 0.2) is 24.3 Å². The molecule has 0 atom stereocenters. The summed E-state index contributed by atoms with van der Waals surface area (Å²) in [5.74, 6) is -2.21. The smallest absolute Gasteiger partial charge is 0.350 e. The lowest BCUT2D eigenvalue weighted by Crippen LogP contribution is -2.21. The van der Waals surface area contributed by atoms with Crippen molar-refractivity contribution in [1.82, 2.24) is 4.98 Å². The van der Waals surface area contributed by atoms with Crippen LogP contribution in [-0.4, -0.2) is 48.1 Å². The normalized spacial score (nSPS) is 10.6. The molecule has 0 radical (unpaired) electrons. The zero-order chi connectivity index (χ0) is 25.0. The van der Waals surface area contributed by atoms with Gasteiger partial charge < -0.3 is 19.5 Å². The largest absolute Gasteiger partial charge is 0.477 e. The second-order valence-corrected chi connectivity index (χ2v) is 8.05. The van der Waals surface area contributed by atoms with Crippen molar-refractivity contribution in [2.75, 3.05) is 25.6 Å². The van der Waals surface area contributed by atoms with E-state index in [0.717, 1.165) is 35.8 Å². The molecule has 0 aliphatic heterocycles. The number of benzene rings is 1. The predicted octanol–water partition coefficient (Wildman–Crippen LogP) is 3.80. The average molecular weight is 487 g/mol. The number of anilines is 1. The maximum atomic E-state index is 12.7. The van der Waals surface area contributed by atoms with E-state index in [1.54, 1.807) is 6.92 Å². The molecule has 0 aliphatic carbocycles. The summed E-state index contributed by atoms with van der Waals surface area (Å²) in [7, 11) is 1.15. The van der Waals surface area contributed by atoms with Gasteiger partial charge in [-0.05, 0) is 44.5 Å². The molecule has 1 amide bonds. The van der Waals surface area contributed by atoms with Gasteiger partial charge in [-0.1, -0.05) is 0 Å². The molecule has 0 fully saturated rings. The number of hydrogen-bond acceptors (Lipinski definition) is 10. The van der Waals surface area contributed by atoms with Crippen LogP contribution in [0.5, 0.6) is 5.75 Å². The van der Waals surface area contributed by atoms with Crippen molar-refractivity contribution in [3.63, 3.8) is 0 Å². The van der Waals surface area contributed by atoms with Gasteiger partial charge in [-0.3, -0.25) is 14.9 Å². The number of esters is 2. The average Bonchev–Trinajstić information content (AvgIpc) is 3.15. The molecular weight excluding hydrogens is 466 g/mol. The fourth-order valence-electron chi connectivity index (χ4n) is 3.25. The Hall–Kier alpha value is -4.06. The number of carbonyl (C=O) groups excluding carboxylic acids is 3. The van der Waals surface area contributed by atoms with Gasteiger partial charge in [0.25, 0.3) is 5.91 Å². The number of hydrogen-bond donors (Lipinski definition) is 1. The predicted molar refractivity (Wildman–Crippen MR) is 124 cm³/mol. The molecule has 178 valence electrons. The zero-order valence-electron chi connectivity index (χ0n) is 18.8. The molecule has 0 bridgehead atoms. The first-order valence-electron chi connectivity index (χ1n) is 10.0. The van der Waals surface area contributed by atoms with Crippen molar-refractivity contribution >= 4 is 50.8 Å². The Labute approximate surface area is 197 Å². The summed E-state index contributed by atoms with van der Waals surface area (Å²) in [6, 6.07) is 5.32. The molecule has 1 N–H and O–H groups in total. The first-order chi connectivity index (χ1) is 16.2. The third-order valence-corrected chi connectivity index (χ3v) is 5.71. The summed E-state index contributed by atoms with van der Waals surface area (Å²) in [5.41, 5.74) is 1.27. The lowest BCUT2D eigenvalue weighted by Gasteiger charge is -2.10. The Kier molecular flexibility index (Phi) is 7.41. The molecular formula is C22H21N3O8S. The van der Waals surface area contributed by atoms with Crippen LogP contribution in [0.1, 0.15) is 38.2 Å². The zero-order valence-corrected chi connectivity index (χ0v) is 19.6. The topological polar surface area (TPSA) is 147 Å². The van der Waals surface area contributed by atoms with Crippen molar-refractivity contribution in [2.24, 2.45) is 0 Å². The van der Waals surface area contributed by atoms with E-state index < -0.39 is 35.1 Å². The third-order valence-electron chi connectivity index (χ3n) is 4.65. The summed E-state index contributed by atoms with van der Waals surface area (Å²) < 4.78 is 15.0.